The highest BCUT2D eigenvalue weighted by Gasteiger charge is 2.30. The van der Waals surface area contributed by atoms with Gasteiger partial charge in [-0.15, -0.1) is 0 Å². The Morgan fingerprint density at radius 1 is 0.933 bits per heavy atom. The van der Waals surface area contributed by atoms with Crippen LogP contribution < -0.4 is 5.32 Å². The molecule has 1 heterocycles. The molecule has 0 amide bonds. The van der Waals surface area contributed by atoms with Crippen LogP contribution in [0.5, 0.6) is 0 Å². The molecule has 0 saturated carbocycles. The first-order valence-electron chi connectivity index (χ1n) is 11.4. The van der Waals surface area contributed by atoms with E-state index in [9.17, 15) is 0 Å². The lowest BCUT2D eigenvalue weighted by atomic mass is 10.0. The molecule has 0 aliphatic heterocycles. The molecule has 2 nitrogen and oxygen atoms in total. The van der Waals surface area contributed by atoms with Crippen LogP contribution in [-0.2, 0) is 19.9 Å². The van der Waals surface area contributed by atoms with E-state index < -0.39 is 0 Å². The van der Waals surface area contributed by atoms with Gasteiger partial charge < -0.3 is 9.88 Å². The standard InChI is InChI=1S/C27H33ClN2/c1-3-4-5-6-9-18-29-24-19-23(24)27-22-10-7-8-11-25(22)30(2)26(27)17-14-20-12-15-21(28)16-13-20/h7-8,10-13,15-16,19,24,29H,3-6,9,14,17-18H2,1-2H3. The second-order valence-corrected chi connectivity index (χ2v) is 8.93. The van der Waals surface area contributed by atoms with Crippen LogP contribution in [0, 0.1) is 0 Å². The van der Waals surface area contributed by atoms with Crippen LogP contribution in [0.1, 0.15) is 55.8 Å². The monoisotopic (exact) mass is 420 g/mol. The van der Waals surface area contributed by atoms with Gasteiger partial charge in [0, 0.05) is 34.2 Å². The maximum absolute atomic E-state index is 6.06. The largest absolute Gasteiger partial charge is 0.347 e. The Hall–Kier alpha value is -2.03. The first kappa shape index (κ1) is 21.2. The molecule has 1 aliphatic carbocycles. The van der Waals surface area contributed by atoms with E-state index in [0.29, 0.717) is 6.04 Å². The summed E-state index contributed by atoms with van der Waals surface area (Å²) in [5.41, 5.74) is 7.02. The number of unbranched alkanes of at least 4 members (excludes halogenated alkanes) is 4. The number of hydrogen-bond donors (Lipinski definition) is 1. The average molecular weight is 421 g/mol. The summed E-state index contributed by atoms with van der Waals surface area (Å²) >= 11 is 6.06. The molecule has 4 rings (SSSR count). The number of aromatic nitrogens is 1. The highest BCUT2D eigenvalue weighted by atomic mass is 35.5. The molecule has 1 atom stereocenters. The first-order chi connectivity index (χ1) is 14.7. The van der Waals surface area contributed by atoms with Crippen LogP contribution in [0.3, 0.4) is 0 Å². The molecule has 1 aliphatic rings. The van der Waals surface area contributed by atoms with E-state index in [1.54, 1.807) is 0 Å². The molecular weight excluding hydrogens is 388 g/mol. The van der Waals surface area contributed by atoms with E-state index in [0.717, 1.165) is 24.4 Å². The summed E-state index contributed by atoms with van der Waals surface area (Å²) in [5, 5.41) is 5.93. The Labute approximate surface area is 185 Å². The van der Waals surface area contributed by atoms with E-state index >= 15 is 0 Å². The molecule has 1 unspecified atom stereocenters. The Bertz CT molecular complexity index is 1010. The van der Waals surface area contributed by atoms with Crippen molar-refractivity contribution in [2.24, 2.45) is 7.05 Å². The SMILES string of the molecule is CCCCCCCNC1C=C1c1c(CCc2ccc(Cl)cc2)n(C)c2ccccc12. The number of halogens is 1. The van der Waals surface area contributed by atoms with Crippen molar-refractivity contribution in [3.05, 3.63) is 76.5 Å². The zero-order valence-corrected chi connectivity index (χ0v) is 19.0. The third kappa shape index (κ3) is 4.82. The minimum atomic E-state index is 0.441. The maximum Gasteiger partial charge on any atom is 0.0517 e. The Balaban J connectivity index is 1.46. The summed E-state index contributed by atoms with van der Waals surface area (Å²) in [6.45, 7) is 3.38. The number of nitrogens with one attached hydrogen (secondary N) is 1. The highest BCUT2D eigenvalue weighted by molar-refractivity contribution is 6.30. The van der Waals surface area contributed by atoms with E-state index in [2.05, 4.69) is 66.3 Å². The summed E-state index contributed by atoms with van der Waals surface area (Å²) in [5.74, 6) is 0. The molecule has 0 radical (unpaired) electrons. The number of para-hydroxylation sites is 1. The van der Waals surface area contributed by atoms with E-state index in [4.69, 9.17) is 11.6 Å². The van der Waals surface area contributed by atoms with Gasteiger partial charge in [-0.2, -0.15) is 0 Å². The average Bonchev–Trinajstić information content (AvgIpc) is 3.47. The second kappa shape index (κ2) is 9.85. The predicted octanol–water partition coefficient (Wildman–Crippen LogP) is 6.94. The quantitative estimate of drug-likeness (QED) is 0.332. The predicted molar refractivity (Wildman–Crippen MR) is 130 cm³/mol. The Kier molecular flexibility index (Phi) is 6.97. The molecule has 0 spiro atoms. The number of rotatable bonds is 11. The molecule has 30 heavy (non-hydrogen) atoms. The van der Waals surface area contributed by atoms with Gasteiger partial charge in [-0.25, -0.2) is 0 Å². The van der Waals surface area contributed by atoms with Crippen molar-refractivity contribution >= 4 is 28.1 Å². The summed E-state index contributed by atoms with van der Waals surface area (Å²) < 4.78 is 2.39. The van der Waals surface area contributed by atoms with Crippen molar-refractivity contribution in [2.45, 2.75) is 57.9 Å². The van der Waals surface area contributed by atoms with Gasteiger partial charge in [-0.1, -0.05) is 80.6 Å². The van der Waals surface area contributed by atoms with E-state index in [-0.39, 0.29) is 0 Å². The van der Waals surface area contributed by atoms with Gasteiger partial charge in [-0.3, -0.25) is 0 Å². The second-order valence-electron chi connectivity index (χ2n) is 8.49. The Morgan fingerprint density at radius 3 is 2.50 bits per heavy atom. The molecule has 0 fully saturated rings. The van der Waals surface area contributed by atoms with Crippen LogP contribution in [0.25, 0.3) is 16.5 Å². The lowest BCUT2D eigenvalue weighted by molar-refractivity contribution is 0.592. The maximum atomic E-state index is 6.06. The van der Waals surface area contributed by atoms with Gasteiger partial charge in [0.05, 0.1) is 6.04 Å². The lowest BCUT2D eigenvalue weighted by Crippen LogP contribution is -2.20. The molecular formula is C27H33ClN2. The first-order valence-corrected chi connectivity index (χ1v) is 11.8. The summed E-state index contributed by atoms with van der Waals surface area (Å²) in [4.78, 5) is 0. The molecule has 1 N–H and O–H groups in total. The van der Waals surface area contributed by atoms with Gasteiger partial charge in [0.25, 0.3) is 0 Å². The zero-order chi connectivity index (χ0) is 20.9. The van der Waals surface area contributed by atoms with Crippen molar-refractivity contribution in [2.75, 3.05) is 6.54 Å². The smallest absolute Gasteiger partial charge is 0.0517 e. The molecule has 3 heteroatoms. The molecule has 0 saturated heterocycles. The number of benzene rings is 2. The number of fused-ring (bicyclic) bond motifs is 1. The van der Waals surface area contributed by atoms with Gasteiger partial charge >= 0.3 is 0 Å². The fourth-order valence-corrected chi connectivity index (χ4v) is 4.63. The minimum Gasteiger partial charge on any atom is -0.347 e. The zero-order valence-electron chi connectivity index (χ0n) is 18.3. The van der Waals surface area contributed by atoms with Gasteiger partial charge in [0.1, 0.15) is 0 Å². The van der Waals surface area contributed by atoms with Gasteiger partial charge in [-0.05, 0) is 55.1 Å². The third-order valence-electron chi connectivity index (χ3n) is 6.30. The van der Waals surface area contributed by atoms with Crippen LogP contribution in [0.2, 0.25) is 5.02 Å². The minimum absolute atomic E-state index is 0.441. The van der Waals surface area contributed by atoms with Crippen LogP contribution in [-0.4, -0.2) is 17.2 Å². The summed E-state index contributed by atoms with van der Waals surface area (Å²) in [7, 11) is 2.21. The van der Waals surface area contributed by atoms with Crippen LogP contribution in [0.15, 0.2) is 54.6 Å². The molecule has 3 aromatic rings. The number of aryl methyl sites for hydroxylation is 2. The summed E-state index contributed by atoms with van der Waals surface area (Å²) in [6.07, 6.45) is 11.1. The van der Waals surface area contributed by atoms with E-state index in [1.165, 1.54) is 65.4 Å². The third-order valence-corrected chi connectivity index (χ3v) is 6.55. The van der Waals surface area contributed by atoms with Crippen LogP contribution in [0.4, 0.5) is 0 Å². The number of hydrogen-bond acceptors (Lipinski definition) is 1. The summed E-state index contributed by atoms with van der Waals surface area (Å²) in [6, 6.07) is 17.5. The van der Waals surface area contributed by atoms with Crippen LogP contribution >= 0.6 is 11.6 Å². The molecule has 2 aromatic carbocycles. The van der Waals surface area contributed by atoms with Crippen molar-refractivity contribution in [1.29, 1.82) is 0 Å². The fourth-order valence-electron chi connectivity index (χ4n) is 4.50. The highest BCUT2D eigenvalue weighted by Crippen LogP contribution is 2.40. The van der Waals surface area contributed by atoms with Crippen molar-refractivity contribution in [3.8, 4) is 0 Å². The fraction of sp³-hybridized carbons (Fsp3) is 0.407. The van der Waals surface area contributed by atoms with Crippen molar-refractivity contribution in [3.63, 3.8) is 0 Å². The normalized spacial score (nSPS) is 15.6. The van der Waals surface area contributed by atoms with Gasteiger partial charge in [0.15, 0.2) is 0 Å². The van der Waals surface area contributed by atoms with Crippen molar-refractivity contribution < 1.29 is 0 Å². The van der Waals surface area contributed by atoms with Crippen molar-refractivity contribution in [1.82, 2.24) is 9.88 Å². The number of nitrogens with zero attached hydrogens (tertiary/aromatic N) is 1. The Morgan fingerprint density at radius 2 is 1.70 bits per heavy atom. The topological polar surface area (TPSA) is 17.0 Å². The molecule has 0 bridgehead atoms. The lowest BCUT2D eigenvalue weighted by Gasteiger charge is -2.09. The van der Waals surface area contributed by atoms with Gasteiger partial charge in [0.2, 0.25) is 0 Å². The molecule has 158 valence electrons. The van der Waals surface area contributed by atoms with E-state index in [1.807, 2.05) is 12.1 Å². The molecule has 1 aromatic heterocycles.